The smallest absolute Gasteiger partial charge is 0.107 e. The van der Waals surface area contributed by atoms with Crippen molar-refractivity contribution in [3.8, 4) is 0 Å². The van der Waals surface area contributed by atoms with E-state index < -0.39 is 0 Å². The molecule has 1 aromatic rings. The second-order valence-corrected chi connectivity index (χ2v) is 4.33. The quantitative estimate of drug-likeness (QED) is 0.712. The fourth-order valence-electron chi connectivity index (χ4n) is 1.55. The van der Waals surface area contributed by atoms with Gasteiger partial charge in [-0.15, -0.1) is 0 Å². The number of imidazole rings is 1. The molecule has 0 aliphatic heterocycles. The molecule has 0 saturated carbocycles. The van der Waals surface area contributed by atoms with Crippen LogP contribution in [0.3, 0.4) is 0 Å². The van der Waals surface area contributed by atoms with Gasteiger partial charge in [0.2, 0.25) is 0 Å². The van der Waals surface area contributed by atoms with E-state index in [0.717, 1.165) is 11.4 Å². The number of nitrogens with two attached hydrogens (primary N) is 1. The molecule has 72 valence electrons. The van der Waals surface area contributed by atoms with Gasteiger partial charge in [0.05, 0.1) is 17.7 Å². The minimum atomic E-state index is 0.0445. The summed E-state index contributed by atoms with van der Waals surface area (Å²) in [4.78, 5) is 4.22. The highest BCUT2D eigenvalue weighted by molar-refractivity contribution is 5.60. The lowest BCUT2D eigenvalue weighted by Gasteiger charge is -2.20. The maximum Gasteiger partial charge on any atom is 0.107 e. The van der Waals surface area contributed by atoms with Crippen molar-refractivity contribution in [1.82, 2.24) is 9.55 Å². The third kappa shape index (κ3) is 1.74. The summed E-state index contributed by atoms with van der Waals surface area (Å²) in [7, 11) is 1.97. The van der Waals surface area contributed by atoms with Crippen LogP contribution in [0.25, 0.3) is 5.70 Å². The molecule has 0 radical (unpaired) electrons. The molecule has 0 atom stereocenters. The van der Waals surface area contributed by atoms with Crippen LogP contribution in [0, 0.1) is 0 Å². The maximum atomic E-state index is 5.65. The molecule has 0 unspecified atom stereocenters. The predicted octanol–water partition coefficient (Wildman–Crippen LogP) is 1.65. The maximum absolute atomic E-state index is 5.65. The molecular formula is C10H17N3. The highest BCUT2D eigenvalue weighted by atomic mass is 15.0. The molecule has 3 nitrogen and oxygen atoms in total. The Hall–Kier alpha value is -1.25. The Bertz CT molecular complexity index is 328. The standard InChI is InChI=1S/C10H17N3/c1-7(11)8-9(10(2,3)4)13(5)6-12-8/h6H,1,11H2,2-5H3. The second-order valence-electron chi connectivity index (χ2n) is 4.33. The number of nitrogens with zero attached hydrogens (tertiary/aromatic N) is 2. The van der Waals surface area contributed by atoms with Crippen molar-refractivity contribution in [2.75, 3.05) is 0 Å². The third-order valence-electron chi connectivity index (χ3n) is 1.95. The van der Waals surface area contributed by atoms with Gasteiger partial charge in [-0.2, -0.15) is 0 Å². The SMILES string of the molecule is C=C(N)c1ncn(C)c1C(C)(C)C. The number of aryl methyl sites for hydroxylation is 1. The zero-order valence-corrected chi connectivity index (χ0v) is 8.76. The lowest BCUT2D eigenvalue weighted by Crippen LogP contribution is -2.18. The van der Waals surface area contributed by atoms with E-state index in [1.807, 2.05) is 11.6 Å². The van der Waals surface area contributed by atoms with Gasteiger partial charge in [-0.1, -0.05) is 27.4 Å². The summed E-state index contributed by atoms with van der Waals surface area (Å²) in [5, 5.41) is 0. The van der Waals surface area contributed by atoms with Gasteiger partial charge >= 0.3 is 0 Å². The molecule has 0 bridgehead atoms. The normalized spacial score (nSPS) is 11.7. The molecule has 3 heteroatoms. The zero-order valence-electron chi connectivity index (χ0n) is 8.76. The van der Waals surface area contributed by atoms with Crippen LogP contribution in [0.1, 0.15) is 32.2 Å². The molecule has 0 fully saturated rings. The van der Waals surface area contributed by atoms with Crippen LogP contribution < -0.4 is 5.73 Å². The molecule has 0 aliphatic rings. The van der Waals surface area contributed by atoms with Crippen LogP contribution >= 0.6 is 0 Å². The highest BCUT2D eigenvalue weighted by Crippen LogP contribution is 2.26. The van der Waals surface area contributed by atoms with E-state index in [4.69, 9.17) is 5.73 Å². The Labute approximate surface area is 79.3 Å². The van der Waals surface area contributed by atoms with Crippen molar-refractivity contribution in [1.29, 1.82) is 0 Å². The first-order valence-electron chi connectivity index (χ1n) is 4.30. The van der Waals surface area contributed by atoms with Crippen molar-refractivity contribution in [3.63, 3.8) is 0 Å². The summed E-state index contributed by atoms with van der Waals surface area (Å²) in [6.07, 6.45) is 1.77. The third-order valence-corrected chi connectivity index (χ3v) is 1.95. The van der Waals surface area contributed by atoms with Gasteiger partial charge < -0.3 is 10.3 Å². The Balaban J connectivity index is 3.33. The monoisotopic (exact) mass is 179 g/mol. The predicted molar refractivity (Wildman–Crippen MR) is 55.1 cm³/mol. The largest absolute Gasteiger partial charge is 0.397 e. The van der Waals surface area contributed by atoms with E-state index in [1.165, 1.54) is 0 Å². The van der Waals surface area contributed by atoms with Crippen molar-refractivity contribution in [2.24, 2.45) is 12.8 Å². The van der Waals surface area contributed by atoms with Crippen molar-refractivity contribution in [3.05, 3.63) is 24.3 Å². The van der Waals surface area contributed by atoms with E-state index in [0.29, 0.717) is 5.70 Å². The average molecular weight is 179 g/mol. The van der Waals surface area contributed by atoms with Crippen molar-refractivity contribution in [2.45, 2.75) is 26.2 Å². The molecule has 2 N–H and O–H groups in total. The van der Waals surface area contributed by atoms with E-state index in [2.05, 4.69) is 32.3 Å². The minimum absolute atomic E-state index is 0.0445. The Morgan fingerprint density at radius 2 is 2.08 bits per heavy atom. The Kier molecular flexibility index (Phi) is 2.20. The summed E-state index contributed by atoms with van der Waals surface area (Å²) in [6.45, 7) is 10.1. The summed E-state index contributed by atoms with van der Waals surface area (Å²) in [6, 6.07) is 0. The second kappa shape index (κ2) is 2.91. The van der Waals surface area contributed by atoms with E-state index >= 15 is 0 Å². The van der Waals surface area contributed by atoms with E-state index in [-0.39, 0.29) is 5.41 Å². The van der Waals surface area contributed by atoms with Gasteiger partial charge in [0, 0.05) is 12.5 Å². The molecule has 0 saturated heterocycles. The van der Waals surface area contributed by atoms with Crippen molar-refractivity contribution >= 4 is 5.70 Å². The molecule has 0 amide bonds. The van der Waals surface area contributed by atoms with Crippen LogP contribution in [0.2, 0.25) is 0 Å². The first-order chi connectivity index (χ1) is 5.84. The topological polar surface area (TPSA) is 43.8 Å². The minimum Gasteiger partial charge on any atom is -0.397 e. The zero-order chi connectivity index (χ0) is 10.2. The van der Waals surface area contributed by atoms with Gasteiger partial charge in [-0.3, -0.25) is 0 Å². The average Bonchev–Trinajstić information content (AvgIpc) is 2.28. The van der Waals surface area contributed by atoms with E-state index in [9.17, 15) is 0 Å². The molecule has 0 aliphatic carbocycles. The van der Waals surface area contributed by atoms with Crippen LogP contribution in [0.5, 0.6) is 0 Å². The first-order valence-corrected chi connectivity index (χ1v) is 4.30. The highest BCUT2D eigenvalue weighted by Gasteiger charge is 2.22. The van der Waals surface area contributed by atoms with Crippen LogP contribution in [0.15, 0.2) is 12.9 Å². The molecule has 13 heavy (non-hydrogen) atoms. The van der Waals surface area contributed by atoms with Gasteiger partial charge in [-0.05, 0) is 0 Å². The molecule has 1 heterocycles. The summed E-state index contributed by atoms with van der Waals surface area (Å²) in [5.74, 6) is 0. The summed E-state index contributed by atoms with van der Waals surface area (Å²) in [5.41, 5.74) is 8.17. The Morgan fingerprint density at radius 1 is 1.54 bits per heavy atom. The number of aromatic nitrogens is 2. The Morgan fingerprint density at radius 3 is 2.38 bits per heavy atom. The fraction of sp³-hybridized carbons (Fsp3) is 0.500. The van der Waals surface area contributed by atoms with Crippen molar-refractivity contribution < 1.29 is 0 Å². The van der Waals surface area contributed by atoms with Gasteiger partial charge in [-0.25, -0.2) is 4.98 Å². The van der Waals surface area contributed by atoms with Gasteiger partial charge in [0.1, 0.15) is 5.69 Å². The molecule has 0 spiro atoms. The van der Waals surface area contributed by atoms with Gasteiger partial charge in [0.25, 0.3) is 0 Å². The lowest BCUT2D eigenvalue weighted by atomic mass is 9.90. The molecule has 1 rings (SSSR count). The molecule has 1 aromatic heterocycles. The summed E-state index contributed by atoms with van der Waals surface area (Å²) >= 11 is 0. The number of hydrogen-bond acceptors (Lipinski definition) is 2. The van der Waals surface area contributed by atoms with Crippen LogP contribution in [-0.4, -0.2) is 9.55 Å². The van der Waals surface area contributed by atoms with Gasteiger partial charge in [0.15, 0.2) is 0 Å². The van der Waals surface area contributed by atoms with Crippen LogP contribution in [0.4, 0.5) is 0 Å². The molecular weight excluding hydrogens is 162 g/mol. The summed E-state index contributed by atoms with van der Waals surface area (Å²) < 4.78 is 1.99. The lowest BCUT2D eigenvalue weighted by molar-refractivity contribution is 0.541. The van der Waals surface area contributed by atoms with E-state index in [1.54, 1.807) is 6.33 Å². The first kappa shape index (κ1) is 9.84. The molecule has 0 aromatic carbocycles. The fourth-order valence-corrected chi connectivity index (χ4v) is 1.55. The van der Waals surface area contributed by atoms with Crippen LogP contribution in [-0.2, 0) is 12.5 Å². The number of rotatable bonds is 1. The number of hydrogen-bond donors (Lipinski definition) is 1.